The number of aliphatic carboxylic acids is 1. The van der Waals surface area contributed by atoms with Crippen LogP contribution in [0.25, 0.3) is 0 Å². The van der Waals surface area contributed by atoms with Gasteiger partial charge in [-0.3, -0.25) is 4.79 Å². The summed E-state index contributed by atoms with van der Waals surface area (Å²) >= 11 is 1.77. The summed E-state index contributed by atoms with van der Waals surface area (Å²) in [5.74, 6) is -1.28. The van der Waals surface area contributed by atoms with Gasteiger partial charge in [-0.2, -0.15) is 11.8 Å². The third-order valence-electron chi connectivity index (χ3n) is 2.81. The maximum Gasteiger partial charge on any atom is 0.329 e. The lowest BCUT2D eigenvalue weighted by atomic mass is 9.95. The molecule has 0 spiro atoms. The van der Waals surface area contributed by atoms with Crippen LogP contribution < -0.4 is 5.32 Å². The van der Waals surface area contributed by atoms with Gasteiger partial charge in [-0.25, -0.2) is 4.79 Å². The molecule has 0 bridgehead atoms. The van der Waals surface area contributed by atoms with E-state index in [-0.39, 0.29) is 18.6 Å². The highest BCUT2D eigenvalue weighted by Gasteiger charge is 2.25. The Labute approximate surface area is 105 Å². The van der Waals surface area contributed by atoms with Gasteiger partial charge in [-0.1, -0.05) is 12.8 Å². The van der Waals surface area contributed by atoms with Gasteiger partial charge >= 0.3 is 5.97 Å². The largest absolute Gasteiger partial charge is 0.480 e. The number of rotatable bonds is 6. The van der Waals surface area contributed by atoms with E-state index in [4.69, 9.17) is 9.84 Å². The van der Waals surface area contributed by atoms with Crippen molar-refractivity contribution in [1.82, 2.24) is 5.32 Å². The Kier molecular flexibility index (Phi) is 6.36. The molecule has 1 rings (SSSR count). The van der Waals surface area contributed by atoms with Crippen LogP contribution in [0.1, 0.15) is 25.7 Å². The van der Waals surface area contributed by atoms with Crippen LogP contribution in [0.15, 0.2) is 0 Å². The standard InChI is InChI=1S/C11H19NO4S/c1-17-9-5-3-2-4-8(9)12-10(13)6-16-7-11(14)15/h8-9H,2-7H2,1H3,(H,12,13)(H,14,15). The Morgan fingerprint density at radius 1 is 1.35 bits per heavy atom. The highest BCUT2D eigenvalue weighted by Crippen LogP contribution is 2.26. The number of carboxylic acid groups (broad SMARTS) is 1. The minimum atomic E-state index is -1.06. The summed E-state index contributed by atoms with van der Waals surface area (Å²) in [6, 6.07) is 0.194. The molecule has 98 valence electrons. The van der Waals surface area contributed by atoms with E-state index in [1.54, 1.807) is 11.8 Å². The molecule has 6 heteroatoms. The van der Waals surface area contributed by atoms with E-state index in [9.17, 15) is 9.59 Å². The van der Waals surface area contributed by atoms with Crippen molar-refractivity contribution in [3.63, 3.8) is 0 Å². The molecule has 0 saturated heterocycles. The lowest BCUT2D eigenvalue weighted by molar-refractivity contribution is -0.143. The maximum atomic E-state index is 11.5. The topological polar surface area (TPSA) is 75.6 Å². The summed E-state index contributed by atoms with van der Waals surface area (Å²) in [5.41, 5.74) is 0. The average Bonchev–Trinajstić information content (AvgIpc) is 2.29. The Hall–Kier alpha value is -0.750. The predicted octanol–water partition coefficient (Wildman–Crippen LogP) is 0.878. The van der Waals surface area contributed by atoms with Crippen LogP contribution in [0.2, 0.25) is 0 Å². The van der Waals surface area contributed by atoms with Crippen LogP contribution in [0.5, 0.6) is 0 Å². The van der Waals surface area contributed by atoms with E-state index in [0.717, 1.165) is 19.3 Å². The van der Waals surface area contributed by atoms with Crippen molar-refractivity contribution in [2.45, 2.75) is 37.0 Å². The quantitative estimate of drug-likeness (QED) is 0.742. The first-order valence-corrected chi connectivity index (χ1v) is 7.04. The van der Waals surface area contributed by atoms with Crippen molar-refractivity contribution in [3.8, 4) is 0 Å². The van der Waals surface area contributed by atoms with Crippen molar-refractivity contribution >= 4 is 23.6 Å². The second-order valence-corrected chi connectivity index (χ2v) is 5.20. The Balaban J connectivity index is 2.26. The molecule has 0 aromatic heterocycles. The number of amides is 1. The predicted molar refractivity (Wildman–Crippen MR) is 66.2 cm³/mol. The van der Waals surface area contributed by atoms with Crippen molar-refractivity contribution in [3.05, 3.63) is 0 Å². The minimum absolute atomic E-state index is 0.177. The molecule has 2 unspecified atom stereocenters. The fourth-order valence-electron chi connectivity index (χ4n) is 2.02. The van der Waals surface area contributed by atoms with E-state index < -0.39 is 12.6 Å². The number of carbonyl (C=O) groups is 2. The first-order chi connectivity index (χ1) is 8.13. The molecular weight excluding hydrogens is 242 g/mol. The Morgan fingerprint density at radius 3 is 2.71 bits per heavy atom. The van der Waals surface area contributed by atoms with Crippen LogP contribution >= 0.6 is 11.8 Å². The van der Waals surface area contributed by atoms with Gasteiger partial charge in [0.05, 0.1) is 0 Å². The maximum absolute atomic E-state index is 11.5. The molecule has 1 amide bonds. The average molecular weight is 261 g/mol. The van der Waals surface area contributed by atoms with Gasteiger partial charge in [0, 0.05) is 11.3 Å². The number of hydrogen-bond acceptors (Lipinski definition) is 4. The van der Waals surface area contributed by atoms with Crippen LogP contribution in [0.3, 0.4) is 0 Å². The molecule has 0 heterocycles. The summed E-state index contributed by atoms with van der Waals surface area (Å²) in [7, 11) is 0. The fourth-order valence-corrected chi connectivity index (χ4v) is 2.96. The second-order valence-electron chi connectivity index (χ2n) is 4.12. The van der Waals surface area contributed by atoms with E-state index >= 15 is 0 Å². The summed E-state index contributed by atoms with van der Waals surface area (Å²) in [6.45, 7) is -0.603. The SMILES string of the molecule is CSC1CCCCC1NC(=O)COCC(=O)O. The van der Waals surface area contributed by atoms with Crippen LogP contribution in [-0.4, -0.2) is 47.7 Å². The molecule has 0 radical (unpaired) electrons. The third kappa shape index (κ3) is 5.41. The summed E-state index contributed by atoms with van der Waals surface area (Å²) in [5, 5.41) is 11.7. The third-order valence-corrected chi connectivity index (χ3v) is 3.98. The van der Waals surface area contributed by atoms with Gasteiger partial charge in [0.25, 0.3) is 0 Å². The monoisotopic (exact) mass is 261 g/mol. The first kappa shape index (κ1) is 14.3. The number of carbonyl (C=O) groups excluding carboxylic acids is 1. The number of hydrogen-bond donors (Lipinski definition) is 2. The van der Waals surface area contributed by atoms with Gasteiger partial charge in [-0.15, -0.1) is 0 Å². The van der Waals surface area contributed by atoms with E-state index in [1.165, 1.54) is 6.42 Å². The number of carboxylic acids is 1. The summed E-state index contributed by atoms with van der Waals surface area (Å²) < 4.78 is 4.75. The normalized spacial score (nSPS) is 24.3. The molecule has 0 aromatic rings. The molecule has 5 nitrogen and oxygen atoms in total. The molecule has 1 saturated carbocycles. The van der Waals surface area contributed by atoms with Crippen LogP contribution in [0.4, 0.5) is 0 Å². The zero-order valence-electron chi connectivity index (χ0n) is 9.98. The molecule has 1 fully saturated rings. The number of nitrogens with one attached hydrogen (secondary N) is 1. The van der Waals surface area contributed by atoms with Crippen molar-refractivity contribution in [2.24, 2.45) is 0 Å². The summed E-state index contributed by atoms with van der Waals surface area (Å²) in [6.07, 6.45) is 6.53. The van der Waals surface area contributed by atoms with Crippen molar-refractivity contribution in [2.75, 3.05) is 19.5 Å². The number of thioether (sulfide) groups is 1. The molecule has 0 aromatic carbocycles. The minimum Gasteiger partial charge on any atom is -0.480 e. The molecule has 0 aliphatic heterocycles. The molecule has 2 atom stereocenters. The molecule has 1 aliphatic rings. The molecule has 17 heavy (non-hydrogen) atoms. The fraction of sp³-hybridized carbons (Fsp3) is 0.818. The van der Waals surface area contributed by atoms with E-state index in [1.807, 2.05) is 0 Å². The first-order valence-electron chi connectivity index (χ1n) is 5.75. The van der Waals surface area contributed by atoms with E-state index in [0.29, 0.717) is 5.25 Å². The van der Waals surface area contributed by atoms with Crippen molar-refractivity contribution < 1.29 is 19.4 Å². The Morgan fingerprint density at radius 2 is 2.06 bits per heavy atom. The highest BCUT2D eigenvalue weighted by atomic mass is 32.2. The zero-order valence-corrected chi connectivity index (χ0v) is 10.8. The van der Waals surface area contributed by atoms with Gasteiger partial charge in [0.2, 0.25) is 5.91 Å². The van der Waals surface area contributed by atoms with Crippen LogP contribution in [0, 0.1) is 0 Å². The van der Waals surface area contributed by atoms with Gasteiger partial charge in [0.1, 0.15) is 13.2 Å². The van der Waals surface area contributed by atoms with Gasteiger partial charge < -0.3 is 15.2 Å². The molecular formula is C11H19NO4S. The number of ether oxygens (including phenoxy) is 1. The smallest absolute Gasteiger partial charge is 0.329 e. The zero-order chi connectivity index (χ0) is 12.7. The highest BCUT2D eigenvalue weighted by molar-refractivity contribution is 7.99. The molecule has 1 aliphatic carbocycles. The lowest BCUT2D eigenvalue weighted by Gasteiger charge is -2.30. The summed E-state index contributed by atoms with van der Waals surface area (Å²) in [4.78, 5) is 21.7. The molecule has 2 N–H and O–H groups in total. The van der Waals surface area contributed by atoms with Gasteiger partial charge in [-0.05, 0) is 19.1 Å². The van der Waals surface area contributed by atoms with Crippen LogP contribution in [-0.2, 0) is 14.3 Å². The lowest BCUT2D eigenvalue weighted by Crippen LogP contribution is -2.45. The van der Waals surface area contributed by atoms with Crippen molar-refractivity contribution in [1.29, 1.82) is 0 Å². The van der Waals surface area contributed by atoms with E-state index in [2.05, 4.69) is 11.6 Å². The van der Waals surface area contributed by atoms with Gasteiger partial charge in [0.15, 0.2) is 0 Å². The Bertz CT molecular complexity index is 272. The second kappa shape index (κ2) is 7.55.